The molecule has 6 aromatic rings. The van der Waals surface area contributed by atoms with Crippen molar-refractivity contribution in [3.8, 4) is 11.5 Å². The molecule has 2 radical (unpaired) electrons. The van der Waals surface area contributed by atoms with Crippen LogP contribution in [0.1, 0.15) is 91.7 Å². The van der Waals surface area contributed by atoms with Crippen molar-refractivity contribution in [2.45, 2.75) is 102 Å². The minimum atomic E-state index is -1.51. The summed E-state index contributed by atoms with van der Waals surface area (Å²) >= 11 is 0. The Morgan fingerprint density at radius 1 is 0.370 bits per heavy atom. The molecule has 0 saturated heterocycles. The standard InChI is InChI=1S/C51H56OSi2/c1-29-21-33(5)47(34(6)22-29)53(48-35(7)23-30(2)24-36(48)8)43-19-15-17-41-45(43)52-46-42(51(41,13)14)18-16-20-44(46)54(49-37(9)25-31(3)26-38(49)10)50-39(11)27-32(4)28-40(50)12/h15-28H,1-14H3. The van der Waals surface area contributed by atoms with Gasteiger partial charge in [0.2, 0.25) is 0 Å². The molecule has 0 fully saturated rings. The molecule has 54 heavy (non-hydrogen) atoms. The van der Waals surface area contributed by atoms with E-state index in [-0.39, 0.29) is 5.41 Å². The quantitative estimate of drug-likeness (QED) is 0.123. The zero-order chi connectivity index (χ0) is 39.0. The third kappa shape index (κ3) is 6.33. The maximum Gasteiger partial charge on any atom is 0.160 e. The smallest absolute Gasteiger partial charge is 0.160 e. The fraction of sp³-hybridized carbons (Fsp3) is 0.294. The van der Waals surface area contributed by atoms with E-state index >= 15 is 0 Å². The summed E-state index contributed by atoms with van der Waals surface area (Å²) < 4.78 is 7.69. The van der Waals surface area contributed by atoms with Gasteiger partial charge in [0.25, 0.3) is 0 Å². The largest absolute Gasteiger partial charge is 0.457 e. The van der Waals surface area contributed by atoms with Gasteiger partial charge in [-0.05, 0) is 114 Å². The maximum atomic E-state index is 7.69. The molecule has 1 heterocycles. The second-order valence-electron chi connectivity index (χ2n) is 16.9. The number of aryl methyl sites for hydroxylation is 12. The molecule has 274 valence electrons. The molecule has 0 amide bonds. The van der Waals surface area contributed by atoms with Crippen molar-refractivity contribution >= 4 is 48.7 Å². The first-order chi connectivity index (χ1) is 25.5. The molecule has 0 unspecified atom stereocenters. The Balaban J connectivity index is 1.55. The van der Waals surface area contributed by atoms with E-state index in [9.17, 15) is 0 Å². The summed E-state index contributed by atoms with van der Waals surface area (Å²) in [6.07, 6.45) is 0. The number of fused-ring (bicyclic) bond motifs is 2. The van der Waals surface area contributed by atoms with Gasteiger partial charge in [0.05, 0.1) is 0 Å². The van der Waals surface area contributed by atoms with E-state index in [4.69, 9.17) is 4.74 Å². The molecule has 0 aromatic heterocycles. The van der Waals surface area contributed by atoms with E-state index < -0.39 is 17.6 Å². The van der Waals surface area contributed by atoms with Crippen LogP contribution in [0.25, 0.3) is 0 Å². The van der Waals surface area contributed by atoms with E-state index in [1.54, 1.807) is 0 Å². The average molecular weight is 741 g/mol. The lowest BCUT2D eigenvalue weighted by atomic mass is 9.76. The highest BCUT2D eigenvalue weighted by atomic mass is 28.3. The molecular weight excluding hydrogens is 685 g/mol. The van der Waals surface area contributed by atoms with Crippen LogP contribution in [-0.2, 0) is 5.41 Å². The SMILES string of the molecule is Cc1cc(C)c([Si](c2cccc3c2Oc2c([Si](c4c(C)cc(C)cc4C)c4c(C)cc(C)cc4C)cccc2C3(C)C)c2c(C)cc(C)cc2C)c(C)c1. The number of rotatable bonds is 6. The van der Waals surface area contributed by atoms with Crippen LogP contribution in [-0.4, -0.2) is 17.6 Å². The van der Waals surface area contributed by atoms with Crippen molar-refractivity contribution in [3.63, 3.8) is 0 Å². The second kappa shape index (κ2) is 14.0. The first-order valence-electron chi connectivity index (χ1n) is 19.5. The molecular formula is C51H56OSi2. The average Bonchev–Trinajstić information content (AvgIpc) is 3.05. The van der Waals surface area contributed by atoms with Gasteiger partial charge >= 0.3 is 0 Å². The van der Waals surface area contributed by atoms with Crippen molar-refractivity contribution in [2.75, 3.05) is 0 Å². The normalized spacial score (nSPS) is 13.3. The molecule has 0 aliphatic carbocycles. The molecule has 0 spiro atoms. The van der Waals surface area contributed by atoms with Crippen LogP contribution >= 0.6 is 0 Å². The highest BCUT2D eigenvalue weighted by Crippen LogP contribution is 2.46. The minimum absolute atomic E-state index is 0.266. The molecule has 7 rings (SSSR count). The zero-order valence-electron chi connectivity index (χ0n) is 35.0. The van der Waals surface area contributed by atoms with Gasteiger partial charge in [0.15, 0.2) is 17.6 Å². The summed E-state index contributed by atoms with van der Waals surface area (Å²) in [6.45, 7) is 32.3. The molecule has 0 N–H and O–H groups in total. The Bertz CT molecular complexity index is 2100. The third-order valence-electron chi connectivity index (χ3n) is 11.8. The van der Waals surface area contributed by atoms with Crippen LogP contribution in [0, 0.1) is 83.1 Å². The molecule has 3 heteroatoms. The van der Waals surface area contributed by atoms with Crippen LogP contribution in [0.5, 0.6) is 11.5 Å². The molecule has 0 saturated carbocycles. The fourth-order valence-corrected chi connectivity index (χ4v) is 16.7. The van der Waals surface area contributed by atoms with Crippen molar-refractivity contribution < 1.29 is 4.74 Å². The fourth-order valence-electron chi connectivity index (χ4n) is 10.0. The van der Waals surface area contributed by atoms with Crippen LogP contribution in [0.4, 0.5) is 0 Å². The highest BCUT2D eigenvalue weighted by molar-refractivity contribution is 6.98. The number of hydrogen-bond donors (Lipinski definition) is 0. The van der Waals surface area contributed by atoms with Crippen LogP contribution in [0.2, 0.25) is 0 Å². The van der Waals surface area contributed by atoms with Crippen molar-refractivity contribution in [1.82, 2.24) is 0 Å². The Labute approximate surface area is 328 Å². The summed E-state index contributed by atoms with van der Waals surface area (Å²) in [5.74, 6) is 2.12. The Morgan fingerprint density at radius 2 is 0.611 bits per heavy atom. The number of ether oxygens (including phenoxy) is 1. The predicted molar refractivity (Wildman–Crippen MR) is 237 cm³/mol. The Morgan fingerprint density at radius 3 is 0.852 bits per heavy atom. The zero-order valence-corrected chi connectivity index (χ0v) is 37.0. The number of hydrogen-bond acceptors (Lipinski definition) is 1. The number of para-hydroxylation sites is 2. The molecule has 1 aliphatic heterocycles. The van der Waals surface area contributed by atoms with Crippen LogP contribution in [0.3, 0.4) is 0 Å². The third-order valence-corrected chi connectivity index (χ3v) is 18.8. The van der Waals surface area contributed by atoms with Gasteiger partial charge in [-0.3, -0.25) is 0 Å². The minimum Gasteiger partial charge on any atom is -0.457 e. The topological polar surface area (TPSA) is 9.23 Å². The first-order valence-corrected chi connectivity index (χ1v) is 22.5. The summed E-state index contributed by atoms with van der Waals surface area (Å²) in [4.78, 5) is 0. The highest BCUT2D eigenvalue weighted by Gasteiger charge is 2.41. The lowest BCUT2D eigenvalue weighted by molar-refractivity contribution is 0.424. The van der Waals surface area contributed by atoms with E-state index in [1.807, 2.05) is 0 Å². The van der Waals surface area contributed by atoms with Gasteiger partial charge in [-0.25, -0.2) is 0 Å². The second-order valence-corrected chi connectivity index (χ2v) is 21.5. The van der Waals surface area contributed by atoms with Crippen LogP contribution in [0.15, 0.2) is 84.9 Å². The van der Waals surface area contributed by atoms with Crippen LogP contribution < -0.4 is 35.9 Å². The lowest BCUT2D eigenvalue weighted by Gasteiger charge is -2.39. The molecule has 0 bridgehead atoms. The molecule has 6 aromatic carbocycles. The molecule has 1 nitrogen and oxygen atoms in total. The number of benzene rings is 6. The van der Waals surface area contributed by atoms with Crippen molar-refractivity contribution in [2.24, 2.45) is 0 Å². The molecule has 1 aliphatic rings. The van der Waals surface area contributed by atoms with E-state index in [0.717, 1.165) is 11.5 Å². The lowest BCUT2D eigenvalue weighted by Crippen LogP contribution is -2.58. The summed E-state index contributed by atoms with van der Waals surface area (Å²) in [6, 6.07) is 33.1. The molecule has 0 atom stereocenters. The summed E-state index contributed by atoms with van der Waals surface area (Å²) in [7, 11) is -3.02. The Hall–Kier alpha value is -4.45. The van der Waals surface area contributed by atoms with E-state index in [0.29, 0.717) is 0 Å². The predicted octanol–water partition coefficient (Wildman–Crippen LogP) is 8.85. The van der Waals surface area contributed by atoms with Gasteiger partial charge < -0.3 is 4.74 Å². The van der Waals surface area contributed by atoms with Gasteiger partial charge in [0, 0.05) is 16.5 Å². The van der Waals surface area contributed by atoms with Crippen molar-refractivity contribution in [3.05, 3.63) is 163 Å². The van der Waals surface area contributed by atoms with Gasteiger partial charge in [-0.1, -0.05) is 166 Å². The van der Waals surface area contributed by atoms with E-state index in [2.05, 4.69) is 182 Å². The maximum absolute atomic E-state index is 7.69. The van der Waals surface area contributed by atoms with Crippen molar-refractivity contribution in [1.29, 1.82) is 0 Å². The Kier molecular flexibility index (Phi) is 9.81. The van der Waals surface area contributed by atoms with Gasteiger partial charge in [-0.15, -0.1) is 0 Å². The summed E-state index contributed by atoms with van der Waals surface area (Å²) in [5, 5.41) is 8.62. The van der Waals surface area contributed by atoms with Gasteiger partial charge in [0.1, 0.15) is 11.5 Å². The van der Waals surface area contributed by atoms with E-state index in [1.165, 1.54) is 109 Å². The first kappa shape index (κ1) is 37.9. The summed E-state index contributed by atoms with van der Waals surface area (Å²) in [5.41, 5.74) is 18.5. The van der Waals surface area contributed by atoms with Gasteiger partial charge in [-0.2, -0.15) is 0 Å². The monoisotopic (exact) mass is 740 g/mol.